The molecule has 3 aliphatic heterocycles. The topological polar surface area (TPSA) is 140 Å². The Morgan fingerprint density at radius 3 is 2.74 bits per heavy atom. The third-order valence-corrected chi connectivity index (χ3v) is 6.72. The van der Waals surface area contributed by atoms with Crippen molar-refractivity contribution < 1.29 is 23.9 Å². The maximum atomic E-state index is 12.7. The number of carbonyl (C=O) groups excluding carboxylic acids is 2. The quantitative estimate of drug-likeness (QED) is 0.608. The van der Waals surface area contributed by atoms with Crippen LogP contribution in [-0.2, 0) is 9.59 Å². The second-order valence-electron chi connectivity index (χ2n) is 8.22. The van der Waals surface area contributed by atoms with E-state index in [1.807, 2.05) is 4.90 Å². The fourth-order valence-corrected chi connectivity index (χ4v) is 4.90. The van der Waals surface area contributed by atoms with Crippen molar-refractivity contribution in [3.63, 3.8) is 0 Å². The normalized spacial score (nSPS) is 19.0. The Morgan fingerprint density at radius 1 is 1.17 bits per heavy atom. The number of carbonyl (C=O) groups is 3. The number of nitrogens with zero attached hydrogens (tertiary/aromatic N) is 4. The molecular weight excluding hydrogens is 470 g/mol. The Hall–Kier alpha value is -3.99. The minimum Gasteiger partial charge on any atom is -0.478 e. The number of rotatable bonds is 5. The number of carboxylic acids is 1. The van der Waals surface area contributed by atoms with Gasteiger partial charge in [-0.2, -0.15) is 15.1 Å². The minimum atomic E-state index is -1.04. The molecule has 10 nitrogen and oxygen atoms in total. The van der Waals surface area contributed by atoms with Gasteiger partial charge in [-0.15, -0.1) is 0 Å². The first-order chi connectivity index (χ1) is 16.9. The smallest absolute Gasteiger partial charge is 0.335 e. The number of piperidine rings is 1. The van der Waals surface area contributed by atoms with E-state index in [-0.39, 0.29) is 34.5 Å². The summed E-state index contributed by atoms with van der Waals surface area (Å²) in [5.41, 5.74) is 0.703. The van der Waals surface area contributed by atoms with Crippen LogP contribution in [0.25, 0.3) is 17.4 Å². The lowest BCUT2D eigenvalue weighted by atomic mass is 10.1. The van der Waals surface area contributed by atoms with Gasteiger partial charge in [0, 0.05) is 18.7 Å². The van der Waals surface area contributed by atoms with Gasteiger partial charge in [-0.25, -0.2) is 4.79 Å². The molecule has 11 heteroatoms. The van der Waals surface area contributed by atoms with Crippen LogP contribution in [0.2, 0.25) is 0 Å². The van der Waals surface area contributed by atoms with Crippen LogP contribution >= 0.6 is 11.8 Å². The molecule has 1 aromatic carbocycles. The van der Waals surface area contributed by atoms with Gasteiger partial charge in [0.25, 0.3) is 5.91 Å². The summed E-state index contributed by atoms with van der Waals surface area (Å²) in [6.45, 7) is 1.49. The molecule has 0 saturated carbocycles. The molecule has 0 aliphatic carbocycles. The second kappa shape index (κ2) is 9.34. The number of carboxylic acid groups (broad SMARTS) is 1. The number of nitrogens with one attached hydrogen (secondary N) is 1. The summed E-state index contributed by atoms with van der Waals surface area (Å²) in [4.78, 5) is 42.3. The third-order valence-electron chi connectivity index (χ3n) is 5.81. The van der Waals surface area contributed by atoms with Crippen LogP contribution < -0.4 is 0 Å². The van der Waals surface area contributed by atoms with Gasteiger partial charge in [-0.1, -0.05) is 12.1 Å². The standard InChI is InChI=1S/C24H21N5O5S/c25-21-17(12-16-7-8-18(34-16)14-5-4-6-15(11-14)23(32)33)22(31)26-24-29(21)27-19(35-24)13-20(30)28-9-2-1-3-10-28/h4-8,11-12,25H,1-3,9-10,13H2,(H,32,33). The van der Waals surface area contributed by atoms with E-state index in [1.54, 1.807) is 24.3 Å². The summed E-state index contributed by atoms with van der Waals surface area (Å²) in [6.07, 6.45) is 4.64. The first-order valence-electron chi connectivity index (χ1n) is 11.1. The van der Waals surface area contributed by atoms with E-state index >= 15 is 0 Å². The fraction of sp³-hybridized carbons (Fsp3) is 0.250. The molecule has 0 atom stereocenters. The summed E-state index contributed by atoms with van der Waals surface area (Å²) < 4.78 is 5.78. The Bertz CT molecular complexity index is 1340. The van der Waals surface area contributed by atoms with Crippen molar-refractivity contribution in [2.75, 3.05) is 13.1 Å². The highest BCUT2D eigenvalue weighted by molar-refractivity contribution is 8.27. The van der Waals surface area contributed by atoms with E-state index < -0.39 is 11.9 Å². The first-order valence-corrected chi connectivity index (χ1v) is 11.9. The van der Waals surface area contributed by atoms with E-state index in [1.165, 1.54) is 23.2 Å². The molecule has 5 rings (SSSR count). The molecule has 4 heterocycles. The van der Waals surface area contributed by atoms with Gasteiger partial charge in [-0.3, -0.25) is 15.0 Å². The van der Waals surface area contributed by atoms with Gasteiger partial charge in [0.15, 0.2) is 5.84 Å². The molecule has 0 bridgehead atoms. The molecule has 35 heavy (non-hydrogen) atoms. The largest absolute Gasteiger partial charge is 0.478 e. The number of hydrogen-bond donors (Lipinski definition) is 2. The van der Waals surface area contributed by atoms with Crippen molar-refractivity contribution in [3.8, 4) is 11.3 Å². The first kappa shape index (κ1) is 22.8. The zero-order valence-corrected chi connectivity index (χ0v) is 19.4. The number of aliphatic imine (C=N–C) groups is 1. The molecule has 2 N–H and O–H groups in total. The predicted octanol–water partition coefficient (Wildman–Crippen LogP) is 3.67. The third kappa shape index (κ3) is 4.67. The second-order valence-corrected chi connectivity index (χ2v) is 9.26. The Morgan fingerprint density at radius 2 is 1.97 bits per heavy atom. The van der Waals surface area contributed by atoms with Crippen LogP contribution in [0, 0.1) is 5.41 Å². The molecule has 178 valence electrons. The highest BCUT2D eigenvalue weighted by Crippen LogP contribution is 2.31. The molecule has 3 aliphatic rings. The Balaban J connectivity index is 1.33. The average molecular weight is 492 g/mol. The fourth-order valence-electron chi connectivity index (χ4n) is 4.02. The molecular formula is C24H21N5O5S. The zero-order chi connectivity index (χ0) is 24.5. The zero-order valence-electron chi connectivity index (χ0n) is 18.6. The summed E-state index contributed by atoms with van der Waals surface area (Å²) in [6, 6.07) is 9.60. The molecule has 0 spiro atoms. The van der Waals surface area contributed by atoms with Crippen molar-refractivity contribution in [2.24, 2.45) is 10.1 Å². The molecule has 1 fully saturated rings. The number of furan rings is 1. The number of benzene rings is 1. The Labute approximate surface area is 204 Å². The number of aromatic carboxylic acids is 1. The van der Waals surface area contributed by atoms with E-state index in [9.17, 15) is 19.5 Å². The van der Waals surface area contributed by atoms with Gasteiger partial charge < -0.3 is 14.4 Å². The number of hydrogen-bond acceptors (Lipinski definition) is 7. The van der Waals surface area contributed by atoms with Crippen LogP contribution in [0.15, 0.2) is 56.5 Å². The van der Waals surface area contributed by atoms with Gasteiger partial charge >= 0.3 is 5.97 Å². The molecule has 1 saturated heterocycles. The van der Waals surface area contributed by atoms with Crippen LogP contribution in [0.4, 0.5) is 0 Å². The molecule has 0 radical (unpaired) electrons. The van der Waals surface area contributed by atoms with Crippen LogP contribution in [-0.4, -0.2) is 61.9 Å². The maximum Gasteiger partial charge on any atom is 0.335 e. The van der Waals surface area contributed by atoms with Crippen molar-refractivity contribution in [3.05, 3.63) is 53.3 Å². The van der Waals surface area contributed by atoms with Crippen molar-refractivity contribution >= 4 is 51.7 Å². The summed E-state index contributed by atoms with van der Waals surface area (Å²) in [7, 11) is 0. The number of amidine groups is 2. The number of amides is 2. The van der Waals surface area contributed by atoms with Gasteiger partial charge in [0.1, 0.15) is 16.6 Å². The summed E-state index contributed by atoms with van der Waals surface area (Å²) >= 11 is 1.13. The molecule has 1 aromatic heterocycles. The van der Waals surface area contributed by atoms with E-state index in [0.717, 1.165) is 44.1 Å². The Kier molecular flexibility index (Phi) is 6.08. The maximum absolute atomic E-state index is 12.7. The predicted molar refractivity (Wildman–Crippen MR) is 131 cm³/mol. The van der Waals surface area contributed by atoms with E-state index in [2.05, 4.69) is 10.1 Å². The van der Waals surface area contributed by atoms with Crippen molar-refractivity contribution in [2.45, 2.75) is 25.7 Å². The summed E-state index contributed by atoms with van der Waals surface area (Å²) in [5.74, 6) is -1.08. The lowest BCUT2D eigenvalue weighted by Crippen LogP contribution is -2.36. The molecule has 2 aromatic rings. The van der Waals surface area contributed by atoms with Gasteiger partial charge in [0.2, 0.25) is 11.1 Å². The highest BCUT2D eigenvalue weighted by Gasteiger charge is 2.36. The number of fused-ring (bicyclic) bond motifs is 1. The van der Waals surface area contributed by atoms with Crippen molar-refractivity contribution in [1.29, 1.82) is 5.41 Å². The van der Waals surface area contributed by atoms with Crippen LogP contribution in [0.3, 0.4) is 0 Å². The average Bonchev–Trinajstić information content (AvgIpc) is 3.49. The van der Waals surface area contributed by atoms with E-state index in [4.69, 9.17) is 9.83 Å². The van der Waals surface area contributed by atoms with Gasteiger partial charge in [-0.05, 0) is 61.4 Å². The van der Waals surface area contributed by atoms with Gasteiger partial charge in [0.05, 0.1) is 17.6 Å². The van der Waals surface area contributed by atoms with E-state index in [0.29, 0.717) is 22.1 Å². The lowest BCUT2D eigenvalue weighted by molar-refractivity contribution is -0.130. The minimum absolute atomic E-state index is 0.00175. The monoisotopic (exact) mass is 491 g/mol. The summed E-state index contributed by atoms with van der Waals surface area (Å²) in [5, 5.41) is 24.1. The van der Waals surface area contributed by atoms with Crippen LogP contribution in [0.1, 0.15) is 41.8 Å². The molecule has 0 unspecified atom stereocenters. The highest BCUT2D eigenvalue weighted by atomic mass is 32.2. The SMILES string of the molecule is N=C1C(=Cc2ccc(-c3cccc(C(=O)O)c3)o2)C(=O)N=C2SC(CC(=O)N3CCCCC3)=NN12. The van der Waals surface area contributed by atoms with Crippen molar-refractivity contribution in [1.82, 2.24) is 9.91 Å². The lowest BCUT2D eigenvalue weighted by Gasteiger charge is -2.26. The van der Waals surface area contributed by atoms with Crippen LogP contribution in [0.5, 0.6) is 0 Å². The number of hydrazone groups is 1. The number of thioether (sulfide) groups is 1. The molecule has 2 amide bonds. The number of likely N-dealkylation sites (tertiary alicyclic amines) is 1.